The van der Waals surface area contributed by atoms with Gasteiger partial charge >= 0.3 is 5.97 Å². The number of aromatic nitrogens is 4. The molecule has 4 aromatic rings. The Morgan fingerprint density at radius 2 is 1.95 bits per heavy atom. The highest BCUT2D eigenvalue weighted by Crippen LogP contribution is 2.33. The van der Waals surface area contributed by atoms with E-state index < -0.39 is 22.0 Å². The summed E-state index contributed by atoms with van der Waals surface area (Å²) >= 11 is 0. The maximum Gasteiger partial charge on any atom is 0.335 e. The average Bonchev–Trinajstić information content (AvgIpc) is 3.55. The number of aromatic carboxylic acids is 1. The van der Waals surface area contributed by atoms with E-state index in [2.05, 4.69) is 20.9 Å². The molecule has 12 heteroatoms. The van der Waals surface area contributed by atoms with Crippen LogP contribution in [0.2, 0.25) is 0 Å². The zero-order valence-corrected chi connectivity index (χ0v) is 22.3. The molecule has 1 aliphatic heterocycles. The van der Waals surface area contributed by atoms with Crippen LogP contribution in [0.3, 0.4) is 0 Å². The van der Waals surface area contributed by atoms with Crippen LogP contribution < -0.4 is 4.90 Å². The van der Waals surface area contributed by atoms with Crippen molar-refractivity contribution in [1.82, 2.24) is 23.4 Å². The van der Waals surface area contributed by atoms with Crippen LogP contribution in [0.25, 0.3) is 0 Å². The fourth-order valence-electron chi connectivity index (χ4n) is 4.86. The Hall–Kier alpha value is -4.47. The zero-order chi connectivity index (χ0) is 27.7. The standard InChI is InChI=1S/C27H27N7O4S/c1-31-16-26(30-18-31)39(37,38)34(13-19-3-6-21(7-4-19)27(35)36)23-10-22-9-20(11-28)5-8-25(22)33(14-23)15-24-12-29-17-32(24)2/h3-9,12,16-18,23H,10,13-15H2,1-2H3,(H,35,36). The minimum atomic E-state index is -4.04. The Labute approximate surface area is 226 Å². The van der Waals surface area contributed by atoms with Crippen LogP contribution in [0.1, 0.15) is 32.7 Å². The van der Waals surface area contributed by atoms with Crippen molar-refractivity contribution < 1.29 is 18.3 Å². The van der Waals surface area contributed by atoms with Crippen molar-refractivity contribution in [3.05, 3.63) is 95.5 Å². The summed E-state index contributed by atoms with van der Waals surface area (Å²) < 4.78 is 32.9. The van der Waals surface area contributed by atoms with Crippen LogP contribution in [-0.2, 0) is 43.6 Å². The molecule has 0 saturated heterocycles. The van der Waals surface area contributed by atoms with Crippen molar-refractivity contribution in [2.45, 2.75) is 30.6 Å². The predicted molar refractivity (Wildman–Crippen MR) is 142 cm³/mol. The third kappa shape index (κ3) is 5.27. The number of fused-ring (bicyclic) bond motifs is 1. The first-order valence-corrected chi connectivity index (χ1v) is 13.6. The number of carbonyl (C=O) groups is 1. The highest BCUT2D eigenvalue weighted by atomic mass is 32.2. The van der Waals surface area contributed by atoms with Gasteiger partial charge in [0.2, 0.25) is 0 Å². The molecule has 2 aromatic heterocycles. The van der Waals surface area contributed by atoms with Gasteiger partial charge in [0.1, 0.15) is 0 Å². The van der Waals surface area contributed by atoms with Gasteiger partial charge in [0.15, 0.2) is 5.03 Å². The highest BCUT2D eigenvalue weighted by molar-refractivity contribution is 7.89. The van der Waals surface area contributed by atoms with E-state index in [1.54, 1.807) is 42.3 Å². The summed E-state index contributed by atoms with van der Waals surface area (Å²) in [4.78, 5) is 21.8. The summed E-state index contributed by atoms with van der Waals surface area (Å²) in [6, 6.07) is 13.4. The second kappa shape index (κ2) is 10.4. The molecule has 0 amide bonds. The lowest BCUT2D eigenvalue weighted by molar-refractivity contribution is 0.0697. The van der Waals surface area contributed by atoms with Crippen molar-refractivity contribution in [1.29, 1.82) is 5.26 Å². The maximum atomic E-state index is 14.0. The van der Waals surface area contributed by atoms with Crippen LogP contribution in [0.5, 0.6) is 0 Å². The molecule has 5 rings (SSSR count). The van der Waals surface area contributed by atoms with Crippen molar-refractivity contribution >= 4 is 21.7 Å². The van der Waals surface area contributed by atoms with Gasteiger partial charge in [-0.15, -0.1) is 0 Å². The van der Waals surface area contributed by atoms with Crippen LogP contribution in [0.4, 0.5) is 5.69 Å². The number of imidazole rings is 2. The topological polar surface area (TPSA) is 137 Å². The molecule has 0 radical (unpaired) electrons. The zero-order valence-electron chi connectivity index (χ0n) is 21.5. The molecule has 2 aromatic carbocycles. The third-order valence-corrected chi connectivity index (χ3v) is 8.69. The molecule has 0 bridgehead atoms. The Kier molecular flexibility index (Phi) is 6.94. The monoisotopic (exact) mass is 545 g/mol. The number of benzene rings is 2. The summed E-state index contributed by atoms with van der Waals surface area (Å²) in [5, 5.41) is 18.7. The minimum Gasteiger partial charge on any atom is -0.478 e. The number of hydrogen-bond acceptors (Lipinski definition) is 7. The summed E-state index contributed by atoms with van der Waals surface area (Å²) in [7, 11) is -0.430. The van der Waals surface area contributed by atoms with Gasteiger partial charge in [-0.1, -0.05) is 12.1 Å². The number of anilines is 1. The molecule has 3 heterocycles. The molecule has 0 saturated carbocycles. The molecule has 1 atom stereocenters. The van der Waals surface area contributed by atoms with Crippen molar-refractivity contribution in [2.24, 2.45) is 14.1 Å². The number of hydrogen-bond donors (Lipinski definition) is 1. The molecule has 0 aliphatic carbocycles. The van der Waals surface area contributed by atoms with E-state index in [4.69, 9.17) is 0 Å². The molecule has 11 nitrogen and oxygen atoms in total. The van der Waals surface area contributed by atoms with E-state index >= 15 is 0 Å². The maximum absolute atomic E-state index is 14.0. The fraction of sp³-hybridized carbons (Fsp3) is 0.259. The lowest BCUT2D eigenvalue weighted by Gasteiger charge is -2.40. The van der Waals surface area contributed by atoms with E-state index in [0.717, 1.165) is 16.9 Å². The van der Waals surface area contributed by atoms with E-state index in [1.165, 1.54) is 29.0 Å². The average molecular weight is 546 g/mol. The number of nitrogens with zero attached hydrogens (tertiary/aromatic N) is 7. The van der Waals surface area contributed by atoms with Crippen molar-refractivity contribution in [2.75, 3.05) is 11.4 Å². The molecule has 1 unspecified atom stereocenters. The van der Waals surface area contributed by atoms with Crippen molar-refractivity contribution in [3.8, 4) is 6.07 Å². The van der Waals surface area contributed by atoms with E-state index in [0.29, 0.717) is 30.6 Å². The molecular formula is C27H27N7O4S. The molecule has 39 heavy (non-hydrogen) atoms. The number of aryl methyl sites for hydroxylation is 2. The predicted octanol–water partition coefficient (Wildman–Crippen LogP) is 2.55. The number of rotatable bonds is 8. The quantitative estimate of drug-likeness (QED) is 0.357. The Bertz CT molecular complexity index is 1670. The lowest BCUT2D eigenvalue weighted by atomic mass is 9.95. The van der Waals surface area contributed by atoms with Crippen LogP contribution in [0, 0.1) is 11.3 Å². The largest absolute Gasteiger partial charge is 0.478 e. The van der Waals surface area contributed by atoms with Crippen LogP contribution in [0.15, 0.2) is 72.5 Å². The van der Waals surface area contributed by atoms with Crippen LogP contribution in [-0.4, -0.2) is 55.5 Å². The van der Waals surface area contributed by atoms with Gasteiger partial charge in [0.05, 0.1) is 42.1 Å². The summed E-state index contributed by atoms with van der Waals surface area (Å²) in [6.07, 6.45) is 6.80. The Morgan fingerprint density at radius 1 is 1.18 bits per heavy atom. The van der Waals surface area contributed by atoms with Gasteiger partial charge < -0.3 is 19.1 Å². The van der Waals surface area contributed by atoms with E-state index in [9.17, 15) is 23.6 Å². The highest BCUT2D eigenvalue weighted by Gasteiger charge is 2.37. The number of carboxylic acid groups (broad SMARTS) is 1. The van der Waals surface area contributed by atoms with Gasteiger partial charge in [-0.25, -0.2) is 23.2 Å². The summed E-state index contributed by atoms with van der Waals surface area (Å²) in [5.74, 6) is -1.05. The van der Waals surface area contributed by atoms with Gasteiger partial charge in [-0.2, -0.15) is 9.57 Å². The van der Waals surface area contributed by atoms with E-state index in [-0.39, 0.29) is 17.1 Å². The second-order valence-electron chi connectivity index (χ2n) is 9.62. The minimum absolute atomic E-state index is 0.0241. The molecule has 0 spiro atoms. The Morgan fingerprint density at radius 3 is 2.56 bits per heavy atom. The van der Waals surface area contributed by atoms with E-state index in [1.807, 2.05) is 23.7 Å². The molecular weight excluding hydrogens is 518 g/mol. The number of sulfonamides is 1. The SMILES string of the molecule is Cn1cnc(S(=O)(=O)N(Cc2ccc(C(=O)O)cc2)C2Cc3cc(C#N)ccc3N(Cc3cncn3C)C2)c1. The number of carboxylic acids is 1. The van der Waals surface area contributed by atoms with Crippen molar-refractivity contribution in [3.63, 3.8) is 0 Å². The van der Waals surface area contributed by atoms with Gasteiger partial charge in [-0.3, -0.25) is 0 Å². The third-order valence-electron chi connectivity index (χ3n) is 6.91. The summed E-state index contributed by atoms with van der Waals surface area (Å²) in [6.45, 7) is 0.913. The first kappa shape index (κ1) is 26.1. The Balaban J connectivity index is 1.57. The molecule has 200 valence electrons. The lowest BCUT2D eigenvalue weighted by Crippen LogP contribution is -2.50. The first-order valence-electron chi connectivity index (χ1n) is 12.2. The van der Waals surface area contributed by atoms with Crippen LogP contribution >= 0.6 is 0 Å². The fourth-order valence-corrected chi connectivity index (χ4v) is 6.43. The van der Waals surface area contributed by atoms with Gasteiger partial charge in [0.25, 0.3) is 10.0 Å². The molecule has 1 aliphatic rings. The summed E-state index contributed by atoms with van der Waals surface area (Å²) in [5.41, 5.74) is 4.03. The first-order chi connectivity index (χ1) is 18.7. The van der Waals surface area contributed by atoms with Gasteiger partial charge in [0, 0.05) is 51.3 Å². The normalized spacial score (nSPS) is 15.2. The second-order valence-corrected chi connectivity index (χ2v) is 11.5. The van der Waals surface area contributed by atoms with Gasteiger partial charge in [-0.05, 0) is 47.9 Å². The smallest absolute Gasteiger partial charge is 0.335 e. The molecule has 1 N–H and O–H groups in total. The number of nitriles is 1. The molecule has 0 fully saturated rings.